The van der Waals surface area contributed by atoms with Crippen LogP contribution in [0.3, 0.4) is 0 Å². The topological polar surface area (TPSA) is 91.1 Å². The number of anilines is 1. The van der Waals surface area contributed by atoms with Crippen LogP contribution in [-0.4, -0.2) is 35.0 Å². The molecule has 1 aromatic heterocycles. The van der Waals surface area contributed by atoms with Gasteiger partial charge in [-0.1, -0.05) is 30.3 Å². The van der Waals surface area contributed by atoms with Gasteiger partial charge in [0.1, 0.15) is 17.6 Å². The molecule has 7 nitrogen and oxygen atoms in total. The first kappa shape index (κ1) is 24.0. The van der Waals surface area contributed by atoms with Crippen molar-refractivity contribution in [2.24, 2.45) is 0 Å². The summed E-state index contributed by atoms with van der Waals surface area (Å²) in [5.74, 6) is -1.53. The Labute approximate surface area is 200 Å². The molecule has 1 amide bonds. The van der Waals surface area contributed by atoms with Gasteiger partial charge in [0.05, 0.1) is 11.6 Å². The Kier molecular flexibility index (Phi) is 7.15. The van der Waals surface area contributed by atoms with Crippen molar-refractivity contribution in [3.05, 3.63) is 77.6 Å². The van der Waals surface area contributed by atoms with E-state index in [0.29, 0.717) is 43.7 Å². The maximum atomic E-state index is 13.5. The van der Waals surface area contributed by atoms with Crippen LogP contribution in [0.25, 0.3) is 0 Å². The number of nitriles is 1. The van der Waals surface area contributed by atoms with E-state index in [9.17, 15) is 18.0 Å². The predicted molar refractivity (Wildman–Crippen MR) is 122 cm³/mol. The second kappa shape index (κ2) is 10.4. The van der Waals surface area contributed by atoms with Gasteiger partial charge in [0, 0.05) is 19.2 Å². The number of amides is 1. The molecule has 1 atom stereocenters. The number of carbonyl (C=O) groups excluding carboxylic acids is 1. The minimum atomic E-state index is -4.77. The van der Waals surface area contributed by atoms with Gasteiger partial charge in [-0.2, -0.15) is 23.4 Å². The number of hydrogen-bond acceptors (Lipinski definition) is 6. The minimum Gasteiger partial charge on any atom is -0.439 e. The fraction of sp³-hybridized carbons (Fsp3) is 0.280. The van der Waals surface area contributed by atoms with Crippen LogP contribution in [0.2, 0.25) is 0 Å². The Bertz CT molecular complexity index is 1210. The Morgan fingerprint density at radius 1 is 1.14 bits per heavy atom. The number of carbonyl (C=O) groups is 1. The molecule has 0 spiro atoms. The smallest absolute Gasteiger partial charge is 0.439 e. The number of para-hydroxylation sites is 1. The van der Waals surface area contributed by atoms with Gasteiger partial charge < -0.3 is 15.0 Å². The second-order valence-electron chi connectivity index (χ2n) is 8.00. The quantitative estimate of drug-likeness (QED) is 0.535. The Balaban J connectivity index is 1.48. The van der Waals surface area contributed by atoms with Crippen molar-refractivity contribution in [2.75, 3.05) is 18.0 Å². The highest BCUT2D eigenvalue weighted by molar-refractivity contribution is 5.85. The highest BCUT2D eigenvalue weighted by atomic mass is 19.4. The van der Waals surface area contributed by atoms with Crippen LogP contribution in [0.4, 0.5) is 19.0 Å². The van der Waals surface area contributed by atoms with E-state index < -0.39 is 18.0 Å². The summed E-state index contributed by atoms with van der Waals surface area (Å²) < 4.78 is 46.1. The van der Waals surface area contributed by atoms with Crippen LogP contribution in [0.1, 0.15) is 29.8 Å². The van der Waals surface area contributed by atoms with Gasteiger partial charge in [-0.3, -0.25) is 4.79 Å². The summed E-state index contributed by atoms with van der Waals surface area (Å²) in [6.45, 7) is 0.738. The lowest BCUT2D eigenvalue weighted by Crippen LogP contribution is -2.44. The second-order valence-corrected chi connectivity index (χ2v) is 8.00. The first-order valence-corrected chi connectivity index (χ1v) is 11.1. The van der Waals surface area contributed by atoms with E-state index in [1.54, 1.807) is 47.4 Å². The van der Waals surface area contributed by atoms with Gasteiger partial charge in [-0.05, 0) is 49.1 Å². The van der Waals surface area contributed by atoms with Gasteiger partial charge in [-0.15, -0.1) is 0 Å². The maximum Gasteiger partial charge on any atom is 0.451 e. The van der Waals surface area contributed by atoms with Crippen LogP contribution >= 0.6 is 0 Å². The van der Waals surface area contributed by atoms with Crippen molar-refractivity contribution in [1.82, 2.24) is 15.3 Å². The van der Waals surface area contributed by atoms with Crippen molar-refractivity contribution in [2.45, 2.75) is 31.5 Å². The molecule has 1 aliphatic rings. The van der Waals surface area contributed by atoms with Crippen LogP contribution in [-0.2, 0) is 17.4 Å². The van der Waals surface area contributed by atoms with E-state index in [2.05, 4.69) is 21.4 Å². The molecule has 3 aromatic rings. The number of halogens is 3. The van der Waals surface area contributed by atoms with E-state index in [1.165, 1.54) is 6.07 Å². The van der Waals surface area contributed by atoms with E-state index in [-0.39, 0.29) is 17.6 Å². The summed E-state index contributed by atoms with van der Waals surface area (Å²) >= 11 is 0. The van der Waals surface area contributed by atoms with Gasteiger partial charge >= 0.3 is 6.18 Å². The molecule has 35 heavy (non-hydrogen) atoms. The first-order valence-electron chi connectivity index (χ1n) is 11.1. The molecule has 1 N–H and O–H groups in total. The number of alkyl halides is 3. The van der Waals surface area contributed by atoms with E-state index >= 15 is 0 Å². The summed E-state index contributed by atoms with van der Waals surface area (Å²) in [5, 5.41) is 11.7. The van der Waals surface area contributed by atoms with Gasteiger partial charge in [0.25, 0.3) is 0 Å². The van der Waals surface area contributed by atoms with Crippen LogP contribution in [0.15, 0.2) is 60.7 Å². The molecule has 180 valence electrons. The molecular weight excluding hydrogens is 459 g/mol. The molecule has 4 rings (SSSR count). The molecular formula is C25H22F3N5O2. The molecule has 0 radical (unpaired) electrons. The van der Waals surface area contributed by atoms with E-state index in [1.807, 2.05) is 12.1 Å². The fourth-order valence-electron chi connectivity index (χ4n) is 3.86. The molecule has 0 aliphatic carbocycles. The molecule has 2 heterocycles. The van der Waals surface area contributed by atoms with Gasteiger partial charge in [0.15, 0.2) is 0 Å². The molecule has 1 fully saturated rings. The first-order chi connectivity index (χ1) is 16.8. The van der Waals surface area contributed by atoms with E-state index in [0.717, 1.165) is 5.56 Å². The Morgan fingerprint density at radius 3 is 2.57 bits per heavy atom. The molecule has 1 unspecified atom stereocenters. The Hall–Kier alpha value is -4.13. The third-order valence-corrected chi connectivity index (χ3v) is 5.55. The third-order valence-electron chi connectivity index (χ3n) is 5.55. The van der Waals surface area contributed by atoms with Crippen LogP contribution in [0, 0.1) is 11.3 Å². The van der Waals surface area contributed by atoms with Crippen molar-refractivity contribution in [3.8, 4) is 17.7 Å². The monoisotopic (exact) mass is 481 g/mol. The SMILES string of the molecule is N#Cc1ccc(CCNC(=O)C2CCCN2c2cc(Oc3ccccc3)nc(C(F)(F)F)n2)cc1. The normalized spacial score (nSPS) is 15.5. The lowest BCUT2D eigenvalue weighted by atomic mass is 10.1. The number of hydrogen-bond donors (Lipinski definition) is 1. The highest BCUT2D eigenvalue weighted by Gasteiger charge is 2.38. The Morgan fingerprint density at radius 2 is 1.89 bits per heavy atom. The fourth-order valence-corrected chi connectivity index (χ4v) is 3.86. The van der Waals surface area contributed by atoms with Crippen LogP contribution < -0.4 is 15.0 Å². The number of rotatable bonds is 7. The number of nitrogens with one attached hydrogen (secondary N) is 1. The van der Waals surface area contributed by atoms with Gasteiger partial charge in [-0.25, -0.2) is 4.98 Å². The molecule has 1 saturated heterocycles. The van der Waals surface area contributed by atoms with Crippen molar-refractivity contribution < 1.29 is 22.7 Å². The zero-order chi connectivity index (χ0) is 24.8. The summed E-state index contributed by atoms with van der Waals surface area (Å²) in [6.07, 6.45) is -3.09. The van der Waals surface area contributed by atoms with Crippen LogP contribution in [0.5, 0.6) is 11.6 Å². The lowest BCUT2D eigenvalue weighted by Gasteiger charge is -2.25. The standard InChI is InChI=1S/C25H22F3N5O2/c26-25(27,28)24-31-21(15-22(32-24)35-19-5-2-1-3-6-19)33-14-4-7-20(33)23(34)30-13-12-17-8-10-18(16-29)11-9-17/h1-3,5-6,8-11,15,20H,4,7,12-14H2,(H,30,34). The molecule has 0 saturated carbocycles. The maximum absolute atomic E-state index is 13.5. The average Bonchev–Trinajstić information content (AvgIpc) is 3.35. The average molecular weight is 481 g/mol. The summed E-state index contributed by atoms with van der Waals surface area (Å²) in [7, 11) is 0. The van der Waals surface area contributed by atoms with Crippen molar-refractivity contribution in [1.29, 1.82) is 5.26 Å². The number of nitrogens with zero attached hydrogens (tertiary/aromatic N) is 4. The number of ether oxygens (including phenoxy) is 1. The molecule has 1 aliphatic heterocycles. The highest BCUT2D eigenvalue weighted by Crippen LogP contribution is 2.33. The minimum absolute atomic E-state index is 0.0111. The summed E-state index contributed by atoms with van der Waals surface area (Å²) in [6, 6.07) is 18.1. The third kappa shape index (κ3) is 6.06. The van der Waals surface area contributed by atoms with Crippen molar-refractivity contribution >= 4 is 11.7 Å². The predicted octanol–water partition coefficient (Wildman–Crippen LogP) is 4.49. The molecule has 10 heteroatoms. The van der Waals surface area contributed by atoms with E-state index in [4.69, 9.17) is 10.00 Å². The number of benzene rings is 2. The largest absolute Gasteiger partial charge is 0.451 e. The summed E-state index contributed by atoms with van der Waals surface area (Å²) in [4.78, 5) is 21.7. The van der Waals surface area contributed by atoms with Crippen molar-refractivity contribution in [3.63, 3.8) is 0 Å². The van der Waals surface area contributed by atoms with Gasteiger partial charge in [0.2, 0.25) is 17.6 Å². The zero-order valence-electron chi connectivity index (χ0n) is 18.6. The number of aromatic nitrogens is 2. The molecule has 2 aromatic carbocycles. The zero-order valence-corrected chi connectivity index (χ0v) is 18.6. The molecule has 0 bridgehead atoms. The summed E-state index contributed by atoms with van der Waals surface area (Å²) in [5.41, 5.74) is 1.51. The lowest BCUT2D eigenvalue weighted by molar-refractivity contribution is -0.145.